The van der Waals surface area contributed by atoms with E-state index in [-0.39, 0.29) is 11.7 Å². The third-order valence-electron chi connectivity index (χ3n) is 5.27. The zero-order valence-corrected chi connectivity index (χ0v) is 18.7. The molecule has 1 aliphatic rings. The van der Waals surface area contributed by atoms with Crippen LogP contribution in [-0.4, -0.2) is 52.7 Å². The van der Waals surface area contributed by atoms with E-state index in [0.29, 0.717) is 24.9 Å². The molecule has 0 unspecified atom stereocenters. The molecule has 2 aromatic carbocycles. The van der Waals surface area contributed by atoms with Gasteiger partial charge in [-0.1, -0.05) is 53.7 Å². The molecule has 0 atom stereocenters. The van der Waals surface area contributed by atoms with Gasteiger partial charge in [0, 0.05) is 19.6 Å². The van der Waals surface area contributed by atoms with Crippen LogP contribution in [0.15, 0.2) is 53.7 Å². The number of rotatable bonds is 7. The Morgan fingerprint density at radius 1 is 1.06 bits per heavy atom. The van der Waals surface area contributed by atoms with Crippen molar-refractivity contribution in [2.75, 3.05) is 37.0 Å². The van der Waals surface area contributed by atoms with Gasteiger partial charge in [0.2, 0.25) is 11.9 Å². The monoisotopic (exact) mass is 437 g/mol. The first-order valence-corrected chi connectivity index (χ1v) is 11.4. The van der Waals surface area contributed by atoms with Gasteiger partial charge in [-0.2, -0.15) is 0 Å². The maximum Gasteiger partial charge on any atom is 0.232 e. The summed E-state index contributed by atoms with van der Waals surface area (Å²) in [6, 6.07) is 16.3. The molecule has 3 aromatic rings. The van der Waals surface area contributed by atoms with Crippen LogP contribution in [0.4, 0.5) is 5.95 Å². The maximum atomic E-state index is 12.5. The molecule has 1 N–H and O–H groups in total. The number of benzene rings is 2. The Balaban J connectivity index is 1.48. The van der Waals surface area contributed by atoms with Crippen molar-refractivity contribution in [1.29, 1.82) is 0 Å². The Bertz CT molecular complexity index is 1030. The Kier molecular flexibility index (Phi) is 6.89. The number of hydrogen-bond acceptors (Lipinski definition) is 6. The van der Waals surface area contributed by atoms with Crippen LogP contribution in [0.3, 0.4) is 0 Å². The molecule has 31 heavy (non-hydrogen) atoms. The molecule has 1 aromatic heterocycles. The van der Waals surface area contributed by atoms with Gasteiger partial charge in [0.15, 0.2) is 5.16 Å². The van der Waals surface area contributed by atoms with Gasteiger partial charge in [-0.25, -0.2) is 0 Å². The summed E-state index contributed by atoms with van der Waals surface area (Å²) >= 11 is 1.40. The average molecular weight is 438 g/mol. The summed E-state index contributed by atoms with van der Waals surface area (Å²) in [5.41, 5.74) is 4.47. The lowest BCUT2D eigenvalue weighted by atomic mass is 10.1. The lowest BCUT2D eigenvalue weighted by Crippen LogP contribution is -2.37. The molecule has 1 aliphatic heterocycles. The van der Waals surface area contributed by atoms with Crippen molar-refractivity contribution in [1.82, 2.24) is 20.1 Å². The largest absolute Gasteiger partial charge is 0.378 e. The predicted octanol–water partition coefficient (Wildman–Crippen LogP) is 3.13. The highest BCUT2D eigenvalue weighted by molar-refractivity contribution is 7.99. The maximum absolute atomic E-state index is 12.5. The van der Waals surface area contributed by atoms with Gasteiger partial charge in [0.05, 0.1) is 24.7 Å². The Morgan fingerprint density at radius 3 is 2.55 bits per heavy atom. The first-order valence-electron chi connectivity index (χ1n) is 10.4. The summed E-state index contributed by atoms with van der Waals surface area (Å²) < 4.78 is 7.51. The molecule has 1 saturated heterocycles. The van der Waals surface area contributed by atoms with E-state index in [2.05, 4.69) is 51.6 Å². The van der Waals surface area contributed by atoms with Gasteiger partial charge in [-0.05, 0) is 37.1 Å². The minimum atomic E-state index is -0.0281. The normalized spacial score (nSPS) is 13.9. The fourth-order valence-corrected chi connectivity index (χ4v) is 4.20. The molecule has 0 radical (unpaired) electrons. The lowest BCUT2D eigenvalue weighted by molar-refractivity contribution is -0.118. The van der Waals surface area contributed by atoms with Crippen molar-refractivity contribution in [2.24, 2.45) is 0 Å². The van der Waals surface area contributed by atoms with E-state index in [0.717, 1.165) is 30.3 Å². The lowest BCUT2D eigenvalue weighted by Gasteiger charge is -2.27. The highest BCUT2D eigenvalue weighted by atomic mass is 32.2. The smallest absolute Gasteiger partial charge is 0.232 e. The van der Waals surface area contributed by atoms with E-state index >= 15 is 0 Å². The number of anilines is 1. The van der Waals surface area contributed by atoms with Crippen LogP contribution in [0.1, 0.15) is 16.7 Å². The number of aromatic nitrogens is 3. The molecular formula is C23H27N5O2S. The first-order chi connectivity index (χ1) is 15.1. The van der Waals surface area contributed by atoms with E-state index < -0.39 is 0 Å². The number of carbonyl (C=O) groups is 1. The predicted molar refractivity (Wildman–Crippen MR) is 123 cm³/mol. The van der Waals surface area contributed by atoms with E-state index in [4.69, 9.17) is 4.74 Å². The third-order valence-corrected chi connectivity index (χ3v) is 6.20. The minimum Gasteiger partial charge on any atom is -0.378 e. The number of aryl methyl sites for hydroxylation is 2. The summed E-state index contributed by atoms with van der Waals surface area (Å²) in [7, 11) is 0. The summed E-state index contributed by atoms with van der Waals surface area (Å²) in [6.07, 6.45) is 0. The Labute approximate surface area is 186 Å². The third kappa shape index (κ3) is 5.26. The topological polar surface area (TPSA) is 72.3 Å². The molecule has 8 heteroatoms. The fraction of sp³-hybridized carbons (Fsp3) is 0.348. The molecule has 4 rings (SSSR count). The van der Waals surface area contributed by atoms with Crippen LogP contribution in [-0.2, 0) is 16.1 Å². The molecule has 1 amide bonds. The second-order valence-corrected chi connectivity index (χ2v) is 8.49. The van der Waals surface area contributed by atoms with Crippen molar-refractivity contribution in [3.05, 3.63) is 65.2 Å². The van der Waals surface area contributed by atoms with Crippen molar-refractivity contribution < 1.29 is 9.53 Å². The molecule has 0 aliphatic carbocycles. The molecule has 0 saturated carbocycles. The van der Waals surface area contributed by atoms with Gasteiger partial charge in [-0.15, -0.1) is 10.2 Å². The highest BCUT2D eigenvalue weighted by Gasteiger charge is 2.22. The van der Waals surface area contributed by atoms with Crippen LogP contribution in [0.5, 0.6) is 0 Å². The minimum absolute atomic E-state index is 0.0281. The molecule has 7 nitrogen and oxygen atoms in total. The summed E-state index contributed by atoms with van der Waals surface area (Å²) in [6.45, 7) is 7.52. The summed E-state index contributed by atoms with van der Waals surface area (Å²) in [5, 5.41) is 12.6. The second-order valence-electron chi connectivity index (χ2n) is 7.54. The highest BCUT2D eigenvalue weighted by Crippen LogP contribution is 2.27. The zero-order chi connectivity index (χ0) is 21.6. The second kappa shape index (κ2) is 9.98. The number of nitrogens with zero attached hydrogens (tertiary/aromatic N) is 4. The molecule has 0 spiro atoms. The zero-order valence-electron chi connectivity index (χ0n) is 17.9. The van der Waals surface area contributed by atoms with Crippen LogP contribution >= 0.6 is 11.8 Å². The molecule has 1 fully saturated rings. The van der Waals surface area contributed by atoms with Crippen LogP contribution < -0.4 is 10.2 Å². The number of amides is 1. The van der Waals surface area contributed by atoms with Crippen LogP contribution in [0, 0.1) is 13.8 Å². The number of thioether (sulfide) groups is 1. The average Bonchev–Trinajstić information content (AvgIpc) is 3.22. The molecule has 2 heterocycles. The number of ether oxygens (including phenoxy) is 1. The molecule has 162 valence electrons. The number of nitrogens with one attached hydrogen (secondary N) is 1. The Morgan fingerprint density at radius 2 is 1.81 bits per heavy atom. The fourth-order valence-electron chi connectivity index (χ4n) is 3.43. The SMILES string of the molecule is Cc1ccc(-n2c(SCC(=O)NCc3ccccc3C)nnc2N2CCOCC2)cc1. The number of morpholine rings is 1. The van der Waals surface area contributed by atoms with E-state index in [1.165, 1.54) is 22.9 Å². The van der Waals surface area contributed by atoms with Gasteiger partial charge >= 0.3 is 0 Å². The summed E-state index contributed by atoms with van der Waals surface area (Å²) in [4.78, 5) is 14.7. The van der Waals surface area contributed by atoms with Crippen molar-refractivity contribution in [2.45, 2.75) is 25.5 Å². The van der Waals surface area contributed by atoms with E-state index in [1.54, 1.807) is 0 Å². The number of hydrogen-bond donors (Lipinski definition) is 1. The van der Waals surface area contributed by atoms with Gasteiger partial charge in [0.25, 0.3) is 0 Å². The molecule has 0 bridgehead atoms. The van der Waals surface area contributed by atoms with Gasteiger partial charge < -0.3 is 15.0 Å². The Hall–Kier alpha value is -2.84. The standard InChI is InChI=1S/C23H27N5O2S/c1-17-7-9-20(10-8-17)28-22(27-11-13-30-14-12-27)25-26-23(28)31-16-21(29)24-15-19-6-4-3-5-18(19)2/h3-10H,11-16H2,1-2H3,(H,24,29). The number of carbonyl (C=O) groups excluding carboxylic acids is 1. The molecular weight excluding hydrogens is 410 g/mol. The quantitative estimate of drug-likeness (QED) is 0.573. The van der Waals surface area contributed by atoms with Gasteiger partial charge in [-0.3, -0.25) is 9.36 Å². The first kappa shape index (κ1) is 21.4. The summed E-state index contributed by atoms with van der Waals surface area (Å²) in [5.74, 6) is 1.04. The van der Waals surface area contributed by atoms with Crippen molar-refractivity contribution >= 4 is 23.6 Å². The van der Waals surface area contributed by atoms with Crippen LogP contribution in [0.25, 0.3) is 5.69 Å². The van der Waals surface area contributed by atoms with Crippen LogP contribution in [0.2, 0.25) is 0 Å². The van der Waals surface area contributed by atoms with E-state index in [9.17, 15) is 4.79 Å². The van der Waals surface area contributed by atoms with E-state index in [1.807, 2.05) is 35.8 Å². The van der Waals surface area contributed by atoms with Crippen molar-refractivity contribution in [3.63, 3.8) is 0 Å². The van der Waals surface area contributed by atoms with Crippen molar-refractivity contribution in [3.8, 4) is 5.69 Å². The van der Waals surface area contributed by atoms with Gasteiger partial charge in [0.1, 0.15) is 0 Å².